The van der Waals surface area contributed by atoms with Gasteiger partial charge in [-0.25, -0.2) is 8.42 Å². The maximum Gasteiger partial charge on any atom is 0.456 e. The molecule has 2 aromatic rings. The zero-order valence-corrected chi connectivity index (χ0v) is 24.7. The molecule has 1 N–H and O–H groups in total. The Morgan fingerprint density at radius 1 is 0.884 bits per heavy atom. The van der Waals surface area contributed by atoms with E-state index >= 15 is 8.78 Å². The summed E-state index contributed by atoms with van der Waals surface area (Å²) in [6.45, 7) is 1.41. The van der Waals surface area contributed by atoms with Gasteiger partial charge in [0.15, 0.2) is 15.6 Å². The van der Waals surface area contributed by atoms with E-state index in [1.54, 1.807) is 18.2 Å². The Balaban J connectivity index is 1.45. The number of carbonyl (C=O) groups is 1. The average molecular weight is 621 g/mol. The molecule has 0 aromatic heterocycles. The number of rotatable bonds is 4. The van der Waals surface area contributed by atoms with Gasteiger partial charge < -0.3 is 5.11 Å². The molecule has 5 atom stereocenters. The number of hydrogen-bond donors (Lipinski definition) is 1. The Bertz CT molecular complexity index is 1640. The monoisotopic (exact) mass is 620 g/mol. The van der Waals surface area contributed by atoms with Crippen molar-refractivity contribution in [3.05, 3.63) is 76.9 Å². The molecule has 43 heavy (non-hydrogen) atoms. The molecule has 4 aliphatic rings. The molecule has 0 spiro atoms. The second-order valence-electron chi connectivity index (χ2n) is 12.9. The minimum absolute atomic E-state index is 0.0290. The van der Waals surface area contributed by atoms with Gasteiger partial charge in [-0.1, -0.05) is 48.9 Å². The van der Waals surface area contributed by atoms with Crippen LogP contribution in [-0.2, 0) is 14.6 Å². The van der Waals surface area contributed by atoms with Crippen LogP contribution in [0.25, 0.3) is 11.1 Å². The zero-order chi connectivity index (χ0) is 31.2. The van der Waals surface area contributed by atoms with Crippen LogP contribution in [0.2, 0.25) is 0 Å². The standard InChI is InChI=1S/C33H33F5O4S/c1-30-18-27(21-5-3-19(4-6-21)20-7-11-24(12-8-20)43(2,41)42)29-25-14-10-23(39)17-22(25)9-13-26(29)28(30)15-16-31(30,40)32(34,35)33(36,37)38/h3-8,11-12,17,26-28,40H,9-10,13-16,18H2,1-2H3/t26-,27-,28-,30-,31-/m0/s1. The van der Waals surface area contributed by atoms with Gasteiger partial charge in [-0.3, -0.25) is 4.79 Å². The summed E-state index contributed by atoms with van der Waals surface area (Å²) in [5.41, 5.74) is 0.274. The fourth-order valence-corrected chi connectivity index (χ4v) is 9.15. The van der Waals surface area contributed by atoms with E-state index in [0.29, 0.717) is 25.7 Å². The van der Waals surface area contributed by atoms with Gasteiger partial charge in [-0.05, 0) is 96.4 Å². The number of carbonyl (C=O) groups excluding carboxylic acids is 1. The summed E-state index contributed by atoms with van der Waals surface area (Å²) in [6, 6.07) is 13.7. The van der Waals surface area contributed by atoms with Crippen LogP contribution in [0.5, 0.6) is 0 Å². The van der Waals surface area contributed by atoms with Gasteiger partial charge in [0.25, 0.3) is 0 Å². The average Bonchev–Trinajstić information content (AvgIpc) is 3.23. The van der Waals surface area contributed by atoms with Crippen molar-refractivity contribution in [3.63, 3.8) is 0 Å². The van der Waals surface area contributed by atoms with Crippen LogP contribution in [0.4, 0.5) is 22.0 Å². The van der Waals surface area contributed by atoms with E-state index in [1.807, 2.05) is 24.3 Å². The highest BCUT2D eigenvalue weighted by Gasteiger charge is 2.79. The van der Waals surface area contributed by atoms with Crippen molar-refractivity contribution in [1.29, 1.82) is 0 Å². The Morgan fingerprint density at radius 2 is 1.49 bits per heavy atom. The SMILES string of the molecule is C[C@]12C[C@@H](c3ccc(-c4ccc(S(C)(=O)=O)cc4)cc3)C3=C4CCC(=O)C=C4CC[C@H]3[C@@H]1CC[C@@]2(O)C(F)(F)C(F)(F)F. The highest BCUT2D eigenvalue weighted by molar-refractivity contribution is 7.90. The number of alkyl halides is 5. The molecule has 2 saturated carbocycles. The van der Waals surface area contributed by atoms with E-state index < -0.39 is 51.2 Å². The van der Waals surface area contributed by atoms with Crippen molar-refractivity contribution >= 4 is 15.6 Å². The predicted octanol–water partition coefficient (Wildman–Crippen LogP) is 7.59. The molecule has 0 bridgehead atoms. The van der Waals surface area contributed by atoms with Gasteiger partial charge in [0.05, 0.1) is 4.90 Å². The Morgan fingerprint density at radius 3 is 2.07 bits per heavy atom. The summed E-state index contributed by atoms with van der Waals surface area (Å²) in [5.74, 6) is -6.62. The molecule has 4 nitrogen and oxygen atoms in total. The van der Waals surface area contributed by atoms with E-state index in [4.69, 9.17) is 0 Å². The third-order valence-corrected chi connectivity index (χ3v) is 11.8. The number of ketones is 1. The van der Waals surface area contributed by atoms with E-state index in [2.05, 4.69) is 0 Å². The van der Waals surface area contributed by atoms with Crippen LogP contribution in [0, 0.1) is 17.3 Å². The van der Waals surface area contributed by atoms with Gasteiger partial charge in [-0.15, -0.1) is 0 Å². The lowest BCUT2D eigenvalue weighted by atomic mass is 9.50. The van der Waals surface area contributed by atoms with Crippen LogP contribution >= 0.6 is 0 Å². The Labute approximate surface area is 247 Å². The molecule has 6 rings (SSSR count). The quantitative estimate of drug-likeness (QED) is 0.358. The summed E-state index contributed by atoms with van der Waals surface area (Å²) < 4.78 is 95.4. The second kappa shape index (κ2) is 9.83. The first-order valence-corrected chi connectivity index (χ1v) is 16.4. The highest BCUT2D eigenvalue weighted by Crippen LogP contribution is 2.70. The lowest BCUT2D eigenvalue weighted by Crippen LogP contribution is -2.65. The molecule has 0 saturated heterocycles. The number of fused-ring (bicyclic) bond motifs is 4. The number of halogens is 5. The predicted molar refractivity (Wildman–Crippen MR) is 151 cm³/mol. The van der Waals surface area contributed by atoms with Crippen LogP contribution < -0.4 is 0 Å². The molecular formula is C33H33F5O4S. The minimum Gasteiger partial charge on any atom is -0.383 e. The fourth-order valence-electron chi connectivity index (χ4n) is 8.52. The third kappa shape index (κ3) is 4.54. The molecule has 2 fully saturated rings. The van der Waals surface area contributed by atoms with Crippen LogP contribution in [0.1, 0.15) is 63.4 Å². The summed E-state index contributed by atoms with van der Waals surface area (Å²) in [6.07, 6.45) is -1.89. The van der Waals surface area contributed by atoms with Gasteiger partial charge >= 0.3 is 12.1 Å². The van der Waals surface area contributed by atoms with Gasteiger partial charge in [0.1, 0.15) is 5.60 Å². The lowest BCUT2D eigenvalue weighted by molar-refractivity contribution is -0.362. The summed E-state index contributed by atoms with van der Waals surface area (Å²) in [4.78, 5) is 12.4. The molecule has 0 radical (unpaired) electrons. The highest BCUT2D eigenvalue weighted by atomic mass is 32.2. The van der Waals surface area contributed by atoms with Crippen molar-refractivity contribution in [2.75, 3.05) is 6.26 Å². The first-order chi connectivity index (χ1) is 20.0. The van der Waals surface area contributed by atoms with Crippen LogP contribution in [0.15, 0.2) is 76.2 Å². The van der Waals surface area contributed by atoms with Crippen molar-refractivity contribution < 1.29 is 40.3 Å². The van der Waals surface area contributed by atoms with Crippen LogP contribution in [-0.4, -0.2) is 43.3 Å². The summed E-state index contributed by atoms with van der Waals surface area (Å²) >= 11 is 0. The van der Waals surface area contributed by atoms with Crippen LogP contribution in [0.3, 0.4) is 0 Å². The van der Waals surface area contributed by atoms with Gasteiger partial charge in [0.2, 0.25) is 0 Å². The molecule has 10 heteroatoms. The van der Waals surface area contributed by atoms with Gasteiger partial charge in [0, 0.05) is 24.0 Å². The smallest absolute Gasteiger partial charge is 0.383 e. The Kier molecular flexibility index (Phi) is 6.90. The lowest BCUT2D eigenvalue weighted by Gasteiger charge is -2.56. The third-order valence-electron chi connectivity index (χ3n) is 10.7. The van der Waals surface area contributed by atoms with Crippen molar-refractivity contribution in [2.45, 2.75) is 80.4 Å². The fraction of sp³-hybridized carbons (Fsp3) is 0.485. The maximum atomic E-state index is 15.2. The molecular weight excluding hydrogens is 587 g/mol. The molecule has 4 aliphatic carbocycles. The number of aliphatic hydroxyl groups is 1. The molecule has 0 amide bonds. The molecule has 230 valence electrons. The van der Waals surface area contributed by atoms with E-state index in [-0.39, 0.29) is 29.4 Å². The summed E-state index contributed by atoms with van der Waals surface area (Å²) in [5, 5.41) is 11.4. The summed E-state index contributed by atoms with van der Waals surface area (Å²) in [7, 11) is -3.37. The zero-order valence-electron chi connectivity index (χ0n) is 23.8. The number of benzene rings is 2. The largest absolute Gasteiger partial charge is 0.456 e. The number of hydrogen-bond acceptors (Lipinski definition) is 4. The first kappa shape index (κ1) is 30.2. The molecule has 2 aromatic carbocycles. The maximum absolute atomic E-state index is 15.2. The van der Waals surface area contributed by atoms with Crippen molar-refractivity contribution in [2.24, 2.45) is 17.3 Å². The van der Waals surface area contributed by atoms with E-state index in [9.17, 15) is 31.5 Å². The normalized spacial score (nSPS) is 31.3. The number of sulfone groups is 1. The van der Waals surface area contributed by atoms with Crippen molar-refractivity contribution in [3.8, 4) is 11.1 Å². The molecule has 0 unspecified atom stereocenters. The van der Waals surface area contributed by atoms with Crippen molar-refractivity contribution in [1.82, 2.24) is 0 Å². The van der Waals surface area contributed by atoms with E-state index in [0.717, 1.165) is 39.7 Å². The first-order valence-electron chi connectivity index (χ1n) is 14.5. The molecule has 0 aliphatic heterocycles. The van der Waals surface area contributed by atoms with Gasteiger partial charge in [-0.2, -0.15) is 22.0 Å². The minimum atomic E-state index is -5.89. The molecule has 0 heterocycles. The van der Waals surface area contributed by atoms with E-state index in [1.165, 1.54) is 19.1 Å². The number of allylic oxidation sites excluding steroid dienone is 4. The topological polar surface area (TPSA) is 71.4 Å². The Hall–Kier alpha value is -2.85. The second-order valence-corrected chi connectivity index (χ2v) is 14.9.